The van der Waals surface area contributed by atoms with Crippen LogP contribution < -0.4 is 0 Å². The van der Waals surface area contributed by atoms with Gasteiger partial charge < -0.3 is 4.90 Å². The van der Waals surface area contributed by atoms with Gasteiger partial charge in [0.05, 0.1) is 0 Å². The molecule has 3 heteroatoms. The zero-order valence-electron chi connectivity index (χ0n) is 6.69. The van der Waals surface area contributed by atoms with Gasteiger partial charge in [-0.3, -0.25) is 0 Å². The van der Waals surface area contributed by atoms with E-state index in [4.69, 9.17) is 0 Å². The Kier molecular flexibility index (Phi) is 1.46. The van der Waals surface area contributed by atoms with Gasteiger partial charge in [-0.2, -0.15) is 0 Å². The van der Waals surface area contributed by atoms with Crippen LogP contribution in [-0.4, -0.2) is 31.0 Å². The third-order valence-corrected chi connectivity index (χ3v) is 3.01. The summed E-state index contributed by atoms with van der Waals surface area (Å²) in [6, 6.07) is 0. The van der Waals surface area contributed by atoms with E-state index in [9.17, 15) is 8.78 Å². The van der Waals surface area contributed by atoms with Crippen LogP contribution in [0.3, 0.4) is 0 Å². The van der Waals surface area contributed by atoms with Crippen molar-refractivity contribution >= 4 is 0 Å². The van der Waals surface area contributed by atoms with Gasteiger partial charge in [0.2, 0.25) is 0 Å². The second-order valence-electron chi connectivity index (χ2n) is 3.89. The topological polar surface area (TPSA) is 3.24 Å². The lowest BCUT2D eigenvalue weighted by Crippen LogP contribution is -2.27. The molecule has 0 aromatic carbocycles. The average Bonchev–Trinajstić information content (AvgIpc) is 2.35. The highest BCUT2D eigenvalue weighted by Gasteiger charge is 2.52. The van der Waals surface area contributed by atoms with E-state index < -0.39 is 5.92 Å². The molecule has 1 nitrogen and oxygen atoms in total. The normalized spacial score (nSPS) is 42.8. The third-order valence-electron chi connectivity index (χ3n) is 3.01. The van der Waals surface area contributed by atoms with E-state index in [0.29, 0.717) is 6.54 Å². The van der Waals surface area contributed by atoms with E-state index in [-0.39, 0.29) is 18.3 Å². The van der Waals surface area contributed by atoms with Gasteiger partial charge >= 0.3 is 0 Å². The van der Waals surface area contributed by atoms with Crippen LogP contribution in [0.1, 0.15) is 12.8 Å². The van der Waals surface area contributed by atoms with Gasteiger partial charge in [-0.25, -0.2) is 8.78 Å². The predicted molar refractivity (Wildman–Crippen MR) is 38.7 cm³/mol. The number of hydrogen-bond acceptors (Lipinski definition) is 1. The van der Waals surface area contributed by atoms with Crippen molar-refractivity contribution in [2.45, 2.75) is 18.8 Å². The molecule has 1 aliphatic heterocycles. The second kappa shape index (κ2) is 2.16. The fourth-order valence-corrected chi connectivity index (χ4v) is 2.42. The molecule has 0 radical (unpaired) electrons. The van der Waals surface area contributed by atoms with E-state index in [0.717, 1.165) is 13.0 Å². The van der Waals surface area contributed by atoms with Gasteiger partial charge in [-0.05, 0) is 19.4 Å². The van der Waals surface area contributed by atoms with Crippen molar-refractivity contribution in [2.75, 3.05) is 20.1 Å². The molecule has 11 heavy (non-hydrogen) atoms. The molecule has 0 aromatic heterocycles. The minimum Gasteiger partial charge on any atom is -0.306 e. The van der Waals surface area contributed by atoms with E-state index in [2.05, 4.69) is 0 Å². The standard InChI is InChI=1S/C8H13F2N/c1-11-4-6-2-3-8(9,10)7(6)5-11/h6-7H,2-5H2,1H3/t6?,7-/m1/s1. The number of hydrogen-bond donors (Lipinski definition) is 0. The summed E-state index contributed by atoms with van der Waals surface area (Å²) in [5.41, 5.74) is 0. The largest absolute Gasteiger partial charge is 0.306 e. The Bertz CT molecular complexity index is 169. The Morgan fingerprint density at radius 3 is 2.73 bits per heavy atom. The van der Waals surface area contributed by atoms with Crippen molar-refractivity contribution in [2.24, 2.45) is 11.8 Å². The lowest BCUT2D eigenvalue weighted by Gasteiger charge is -2.17. The molecule has 1 heterocycles. The second-order valence-corrected chi connectivity index (χ2v) is 3.89. The summed E-state index contributed by atoms with van der Waals surface area (Å²) in [5, 5.41) is 0. The number of likely N-dealkylation sites (tertiary alicyclic amines) is 1. The molecule has 0 aromatic rings. The monoisotopic (exact) mass is 161 g/mol. The number of alkyl halides is 2. The van der Waals surface area contributed by atoms with Gasteiger partial charge in [0, 0.05) is 25.4 Å². The summed E-state index contributed by atoms with van der Waals surface area (Å²) < 4.78 is 26.1. The molecule has 2 fully saturated rings. The fourth-order valence-electron chi connectivity index (χ4n) is 2.42. The molecule has 2 atom stereocenters. The Balaban J connectivity index is 2.13. The van der Waals surface area contributed by atoms with Crippen LogP contribution in [0.5, 0.6) is 0 Å². The van der Waals surface area contributed by atoms with Crippen molar-refractivity contribution in [3.8, 4) is 0 Å². The molecule has 2 aliphatic rings. The highest BCUT2D eigenvalue weighted by Crippen LogP contribution is 2.47. The van der Waals surface area contributed by atoms with Gasteiger partial charge in [0.1, 0.15) is 0 Å². The minimum absolute atomic E-state index is 0.121. The summed E-state index contributed by atoms with van der Waals surface area (Å²) >= 11 is 0. The first-order valence-corrected chi connectivity index (χ1v) is 4.16. The SMILES string of the molecule is CN1CC2CCC(F)(F)[C@@H]2C1. The maximum atomic E-state index is 13.0. The van der Waals surface area contributed by atoms with Crippen molar-refractivity contribution in [1.82, 2.24) is 4.90 Å². The Hall–Kier alpha value is -0.180. The Morgan fingerprint density at radius 2 is 2.09 bits per heavy atom. The van der Waals surface area contributed by atoms with Gasteiger partial charge in [-0.1, -0.05) is 0 Å². The summed E-state index contributed by atoms with van der Waals surface area (Å²) in [4.78, 5) is 2.02. The first-order chi connectivity index (χ1) is 5.09. The van der Waals surface area contributed by atoms with Gasteiger partial charge in [0.15, 0.2) is 0 Å². The quantitative estimate of drug-likeness (QED) is 0.521. The molecule has 1 saturated heterocycles. The van der Waals surface area contributed by atoms with Crippen molar-refractivity contribution in [1.29, 1.82) is 0 Å². The zero-order valence-corrected chi connectivity index (χ0v) is 6.69. The smallest absolute Gasteiger partial charge is 0.252 e. The molecule has 0 bridgehead atoms. The lowest BCUT2D eigenvalue weighted by molar-refractivity contribution is -0.0390. The summed E-state index contributed by atoms with van der Waals surface area (Å²) in [6.45, 7) is 1.47. The maximum absolute atomic E-state index is 13.0. The third kappa shape index (κ3) is 1.06. The molecule has 0 N–H and O–H groups in total. The van der Waals surface area contributed by atoms with Crippen LogP contribution in [-0.2, 0) is 0 Å². The van der Waals surface area contributed by atoms with E-state index in [1.54, 1.807) is 0 Å². The molecular weight excluding hydrogens is 148 g/mol. The van der Waals surface area contributed by atoms with Crippen LogP contribution >= 0.6 is 0 Å². The molecule has 1 unspecified atom stereocenters. The highest BCUT2D eigenvalue weighted by atomic mass is 19.3. The van der Waals surface area contributed by atoms with Crippen molar-refractivity contribution in [3.05, 3.63) is 0 Å². The Morgan fingerprint density at radius 1 is 1.36 bits per heavy atom. The van der Waals surface area contributed by atoms with E-state index >= 15 is 0 Å². The number of halogens is 2. The van der Waals surface area contributed by atoms with Crippen LogP contribution in [0.2, 0.25) is 0 Å². The summed E-state index contributed by atoms with van der Waals surface area (Å²) in [5.74, 6) is -2.43. The van der Waals surface area contributed by atoms with E-state index in [1.165, 1.54) is 0 Å². The highest BCUT2D eigenvalue weighted by molar-refractivity contribution is 4.97. The summed E-state index contributed by atoms with van der Waals surface area (Å²) in [7, 11) is 1.92. The van der Waals surface area contributed by atoms with Crippen molar-refractivity contribution < 1.29 is 8.78 Å². The molecule has 64 valence electrons. The molecule has 1 aliphatic carbocycles. The molecule has 0 spiro atoms. The van der Waals surface area contributed by atoms with Crippen LogP contribution in [0, 0.1) is 11.8 Å². The van der Waals surface area contributed by atoms with Gasteiger partial charge in [0.25, 0.3) is 5.92 Å². The predicted octanol–water partition coefficient (Wildman–Crippen LogP) is 1.59. The fraction of sp³-hybridized carbons (Fsp3) is 1.00. The van der Waals surface area contributed by atoms with Crippen LogP contribution in [0.25, 0.3) is 0 Å². The van der Waals surface area contributed by atoms with Gasteiger partial charge in [-0.15, -0.1) is 0 Å². The van der Waals surface area contributed by atoms with Crippen molar-refractivity contribution in [3.63, 3.8) is 0 Å². The molecular formula is C8H13F2N. The average molecular weight is 161 g/mol. The molecule has 2 rings (SSSR count). The molecule has 1 saturated carbocycles. The van der Waals surface area contributed by atoms with Crippen LogP contribution in [0.4, 0.5) is 8.78 Å². The number of rotatable bonds is 0. The van der Waals surface area contributed by atoms with E-state index in [1.807, 2.05) is 11.9 Å². The number of nitrogens with zero attached hydrogens (tertiary/aromatic N) is 1. The summed E-state index contributed by atoms with van der Waals surface area (Å²) in [6.07, 6.45) is 0.845. The number of fused-ring (bicyclic) bond motifs is 1. The zero-order chi connectivity index (χ0) is 8.06. The lowest BCUT2D eigenvalue weighted by atomic mass is 9.99. The molecule has 0 amide bonds. The maximum Gasteiger partial charge on any atom is 0.252 e. The first-order valence-electron chi connectivity index (χ1n) is 4.16. The van der Waals surface area contributed by atoms with Crippen LogP contribution in [0.15, 0.2) is 0 Å². The minimum atomic E-state index is -2.37. The first kappa shape index (κ1) is 7.47. The Labute approximate surface area is 65.4 Å².